The molecule has 3 aromatic rings. The minimum atomic E-state index is -3.94. The second-order valence-electron chi connectivity index (χ2n) is 6.08. The predicted octanol–water partition coefficient (Wildman–Crippen LogP) is 2.50. The summed E-state index contributed by atoms with van der Waals surface area (Å²) in [7, 11) is -3.94. The second kappa shape index (κ2) is 7.93. The van der Waals surface area contributed by atoms with Gasteiger partial charge < -0.3 is 0 Å². The molecule has 1 aromatic heterocycles. The molecule has 0 bridgehead atoms. The van der Waals surface area contributed by atoms with Crippen LogP contribution >= 0.6 is 0 Å². The van der Waals surface area contributed by atoms with Crippen LogP contribution in [0.1, 0.15) is 22.8 Å². The first-order valence-corrected chi connectivity index (χ1v) is 9.72. The number of aryl methyl sites for hydroxylation is 1. The van der Waals surface area contributed by atoms with Crippen molar-refractivity contribution >= 4 is 10.0 Å². The van der Waals surface area contributed by atoms with Gasteiger partial charge in [0.1, 0.15) is 5.82 Å². The van der Waals surface area contributed by atoms with Gasteiger partial charge in [0, 0.05) is 19.4 Å². The maximum absolute atomic E-state index is 13.2. The number of hydrogen-bond donors (Lipinski definition) is 2. The topological polar surface area (TPSA) is 87.7 Å². The maximum atomic E-state index is 13.2. The molecule has 27 heavy (non-hydrogen) atoms. The SMILES string of the molecule is Cc1ccc(Cc2nc(CCNS(=O)(=O)c3ccc(F)c(F)c3)n[nH]2)cc1. The number of nitrogens with one attached hydrogen (secondary N) is 2. The summed E-state index contributed by atoms with van der Waals surface area (Å²) < 4.78 is 52.7. The Hall–Kier alpha value is -2.65. The van der Waals surface area contributed by atoms with E-state index < -0.39 is 21.7 Å². The van der Waals surface area contributed by atoms with Gasteiger partial charge in [-0.25, -0.2) is 26.9 Å². The molecule has 2 N–H and O–H groups in total. The Morgan fingerprint density at radius 3 is 2.52 bits per heavy atom. The molecule has 0 aliphatic carbocycles. The molecule has 0 fully saturated rings. The van der Waals surface area contributed by atoms with Gasteiger partial charge in [-0.05, 0) is 30.7 Å². The van der Waals surface area contributed by atoms with E-state index in [1.54, 1.807) is 0 Å². The molecule has 0 saturated carbocycles. The van der Waals surface area contributed by atoms with E-state index in [0.29, 0.717) is 24.1 Å². The lowest BCUT2D eigenvalue weighted by Crippen LogP contribution is -2.26. The molecule has 0 amide bonds. The summed E-state index contributed by atoms with van der Waals surface area (Å²) in [6.07, 6.45) is 0.848. The molecule has 0 radical (unpaired) electrons. The first kappa shape index (κ1) is 19.1. The molecule has 0 saturated heterocycles. The standard InChI is InChI=1S/C18H18F2N4O2S/c1-12-2-4-13(5-3-12)10-18-22-17(23-24-18)8-9-21-27(25,26)14-6-7-15(19)16(20)11-14/h2-7,11,21H,8-10H2,1H3,(H,22,23,24). The van der Waals surface area contributed by atoms with Crippen molar-refractivity contribution in [3.05, 3.63) is 76.9 Å². The number of nitrogens with zero attached hydrogens (tertiary/aromatic N) is 2. The van der Waals surface area contributed by atoms with Crippen LogP contribution in [0.15, 0.2) is 47.4 Å². The molecule has 142 valence electrons. The number of aromatic nitrogens is 3. The summed E-state index contributed by atoms with van der Waals surface area (Å²) >= 11 is 0. The van der Waals surface area contributed by atoms with E-state index in [0.717, 1.165) is 17.7 Å². The predicted molar refractivity (Wildman–Crippen MR) is 95.6 cm³/mol. The lowest BCUT2D eigenvalue weighted by Gasteiger charge is -2.06. The van der Waals surface area contributed by atoms with Crippen LogP contribution in [-0.4, -0.2) is 30.1 Å². The van der Waals surface area contributed by atoms with E-state index >= 15 is 0 Å². The maximum Gasteiger partial charge on any atom is 0.240 e. The highest BCUT2D eigenvalue weighted by molar-refractivity contribution is 7.89. The minimum absolute atomic E-state index is 0.0309. The van der Waals surface area contributed by atoms with Gasteiger partial charge in [-0.3, -0.25) is 5.10 Å². The zero-order valence-corrected chi connectivity index (χ0v) is 15.4. The Morgan fingerprint density at radius 2 is 1.81 bits per heavy atom. The summed E-state index contributed by atoms with van der Waals surface area (Å²) in [4.78, 5) is 4.00. The Labute approximate surface area is 155 Å². The van der Waals surface area contributed by atoms with Gasteiger partial charge in [-0.2, -0.15) is 5.10 Å². The fourth-order valence-electron chi connectivity index (χ4n) is 2.45. The average Bonchev–Trinajstić information content (AvgIpc) is 3.06. The van der Waals surface area contributed by atoms with Crippen LogP contribution in [-0.2, 0) is 22.9 Å². The molecular formula is C18H18F2N4O2S. The molecule has 0 unspecified atom stereocenters. The lowest BCUT2D eigenvalue weighted by molar-refractivity contribution is 0.504. The number of benzene rings is 2. The highest BCUT2D eigenvalue weighted by Crippen LogP contribution is 2.13. The molecule has 0 spiro atoms. The zero-order valence-electron chi connectivity index (χ0n) is 14.5. The third kappa shape index (κ3) is 4.95. The number of sulfonamides is 1. The van der Waals surface area contributed by atoms with E-state index in [9.17, 15) is 17.2 Å². The van der Waals surface area contributed by atoms with Crippen molar-refractivity contribution in [2.75, 3.05) is 6.54 Å². The Balaban J connectivity index is 1.56. The normalized spacial score (nSPS) is 11.7. The fourth-order valence-corrected chi connectivity index (χ4v) is 3.49. The quantitative estimate of drug-likeness (QED) is 0.647. The monoisotopic (exact) mass is 392 g/mol. The van der Waals surface area contributed by atoms with E-state index in [2.05, 4.69) is 19.9 Å². The summed E-state index contributed by atoms with van der Waals surface area (Å²) in [6.45, 7) is 2.04. The van der Waals surface area contributed by atoms with Crippen LogP contribution in [0.4, 0.5) is 8.78 Å². The van der Waals surface area contributed by atoms with E-state index in [4.69, 9.17) is 0 Å². The molecule has 2 aromatic carbocycles. The Bertz CT molecular complexity index is 1030. The van der Waals surface area contributed by atoms with Crippen molar-refractivity contribution in [2.24, 2.45) is 0 Å². The molecule has 0 aliphatic rings. The summed E-state index contributed by atoms with van der Waals surface area (Å²) in [5, 5.41) is 6.90. The average molecular weight is 392 g/mol. The van der Waals surface area contributed by atoms with Crippen molar-refractivity contribution in [2.45, 2.75) is 24.7 Å². The van der Waals surface area contributed by atoms with E-state index in [1.165, 1.54) is 5.56 Å². The van der Waals surface area contributed by atoms with Crippen LogP contribution < -0.4 is 4.72 Å². The lowest BCUT2D eigenvalue weighted by atomic mass is 10.1. The van der Waals surface area contributed by atoms with Crippen LogP contribution in [0.5, 0.6) is 0 Å². The fraction of sp³-hybridized carbons (Fsp3) is 0.222. The largest absolute Gasteiger partial charge is 0.263 e. The zero-order chi connectivity index (χ0) is 19.4. The minimum Gasteiger partial charge on any atom is -0.263 e. The highest BCUT2D eigenvalue weighted by Gasteiger charge is 2.16. The Morgan fingerprint density at radius 1 is 1.07 bits per heavy atom. The summed E-state index contributed by atoms with van der Waals surface area (Å²) in [5.74, 6) is -1.18. The van der Waals surface area contributed by atoms with Gasteiger partial charge in [-0.1, -0.05) is 29.8 Å². The number of hydrogen-bond acceptors (Lipinski definition) is 4. The number of rotatable bonds is 7. The van der Waals surface area contributed by atoms with Gasteiger partial charge in [0.2, 0.25) is 10.0 Å². The molecule has 0 aliphatic heterocycles. The molecule has 0 atom stereocenters. The van der Waals surface area contributed by atoms with Gasteiger partial charge in [-0.15, -0.1) is 0 Å². The molecule has 1 heterocycles. The first-order valence-electron chi connectivity index (χ1n) is 8.24. The number of halogens is 2. The van der Waals surface area contributed by atoms with Crippen molar-refractivity contribution in [1.29, 1.82) is 0 Å². The number of H-pyrrole nitrogens is 1. The molecule has 9 heteroatoms. The van der Waals surface area contributed by atoms with E-state index in [-0.39, 0.29) is 17.9 Å². The molecule has 6 nitrogen and oxygen atoms in total. The summed E-state index contributed by atoms with van der Waals surface area (Å²) in [6, 6.07) is 10.5. The van der Waals surface area contributed by atoms with Gasteiger partial charge in [0.25, 0.3) is 0 Å². The van der Waals surface area contributed by atoms with Crippen LogP contribution in [0.25, 0.3) is 0 Å². The van der Waals surface area contributed by atoms with Crippen LogP contribution in [0.2, 0.25) is 0 Å². The van der Waals surface area contributed by atoms with Gasteiger partial charge in [0.05, 0.1) is 4.90 Å². The number of aromatic amines is 1. The van der Waals surface area contributed by atoms with Crippen LogP contribution in [0.3, 0.4) is 0 Å². The highest BCUT2D eigenvalue weighted by atomic mass is 32.2. The van der Waals surface area contributed by atoms with Crippen molar-refractivity contribution in [3.63, 3.8) is 0 Å². The van der Waals surface area contributed by atoms with Gasteiger partial charge >= 0.3 is 0 Å². The van der Waals surface area contributed by atoms with Crippen LogP contribution in [0, 0.1) is 18.6 Å². The smallest absolute Gasteiger partial charge is 0.240 e. The molecule has 3 rings (SSSR count). The Kier molecular flexibility index (Phi) is 5.62. The first-order chi connectivity index (χ1) is 12.8. The van der Waals surface area contributed by atoms with Crippen molar-refractivity contribution in [3.8, 4) is 0 Å². The summed E-state index contributed by atoms with van der Waals surface area (Å²) in [5.41, 5.74) is 2.26. The third-order valence-corrected chi connectivity index (χ3v) is 5.37. The van der Waals surface area contributed by atoms with Gasteiger partial charge in [0.15, 0.2) is 17.5 Å². The van der Waals surface area contributed by atoms with E-state index in [1.807, 2.05) is 31.2 Å². The molecular weight excluding hydrogens is 374 g/mol. The second-order valence-corrected chi connectivity index (χ2v) is 7.85. The van der Waals surface area contributed by atoms with Crippen molar-refractivity contribution < 1.29 is 17.2 Å². The van der Waals surface area contributed by atoms with Crippen molar-refractivity contribution in [1.82, 2.24) is 19.9 Å². The third-order valence-electron chi connectivity index (χ3n) is 3.91.